The number of amides is 3. The van der Waals surface area contributed by atoms with E-state index < -0.39 is 11.8 Å². The van der Waals surface area contributed by atoms with Crippen LogP contribution in [0.25, 0.3) is 0 Å². The van der Waals surface area contributed by atoms with E-state index in [0.29, 0.717) is 28.8 Å². The van der Waals surface area contributed by atoms with Gasteiger partial charge in [0, 0.05) is 25.1 Å². The van der Waals surface area contributed by atoms with Crippen molar-refractivity contribution < 1.29 is 28.3 Å². The second kappa shape index (κ2) is 12.0. The molecule has 0 aliphatic heterocycles. The molecular formula is C24H26N4O6. The highest BCUT2D eigenvalue weighted by atomic mass is 16.5. The summed E-state index contributed by atoms with van der Waals surface area (Å²) in [7, 11) is 2.97. The van der Waals surface area contributed by atoms with Gasteiger partial charge in [-0.05, 0) is 36.4 Å². The van der Waals surface area contributed by atoms with Crippen LogP contribution in [-0.4, -0.2) is 43.5 Å². The molecule has 2 heterocycles. The van der Waals surface area contributed by atoms with Crippen LogP contribution in [0.5, 0.6) is 11.5 Å². The number of methoxy groups -OCH3 is 2. The lowest BCUT2D eigenvalue weighted by atomic mass is 10.2. The molecule has 3 rings (SSSR count). The van der Waals surface area contributed by atoms with Crippen molar-refractivity contribution in [1.82, 2.24) is 10.3 Å². The van der Waals surface area contributed by atoms with Crippen molar-refractivity contribution in [3.63, 3.8) is 0 Å². The molecule has 0 atom stereocenters. The Morgan fingerprint density at radius 3 is 2.53 bits per heavy atom. The number of aromatic nitrogens is 1. The molecule has 2 aromatic heterocycles. The van der Waals surface area contributed by atoms with Crippen LogP contribution in [0.15, 0.2) is 65.4 Å². The standard InChI is InChI=1S/C24H26N4O6/c1-32-17-8-9-19(20(14-17)33-2)28(16-23(30)26-15-18-6-5-13-34-18)24(31)11-10-22(29)27-21-7-3-4-12-25-21/h3-9,12-14H,10-11,15-16H2,1-2H3,(H,26,30)(H,25,27,29). The van der Waals surface area contributed by atoms with Gasteiger partial charge in [-0.1, -0.05) is 6.07 Å². The Hall–Kier alpha value is -4.34. The van der Waals surface area contributed by atoms with E-state index in [1.165, 1.54) is 25.4 Å². The fourth-order valence-corrected chi connectivity index (χ4v) is 3.11. The summed E-state index contributed by atoms with van der Waals surface area (Å²) in [6, 6.07) is 13.5. The molecule has 0 unspecified atom stereocenters. The van der Waals surface area contributed by atoms with Crippen LogP contribution in [0.1, 0.15) is 18.6 Å². The number of carbonyl (C=O) groups is 3. The summed E-state index contributed by atoms with van der Waals surface area (Å²) >= 11 is 0. The van der Waals surface area contributed by atoms with Gasteiger partial charge in [-0.25, -0.2) is 4.98 Å². The Morgan fingerprint density at radius 1 is 1.00 bits per heavy atom. The van der Waals surface area contributed by atoms with Crippen molar-refractivity contribution in [2.75, 3.05) is 31.0 Å². The molecule has 0 spiro atoms. The Bertz CT molecular complexity index is 1100. The predicted molar refractivity (Wildman–Crippen MR) is 125 cm³/mol. The highest BCUT2D eigenvalue weighted by Crippen LogP contribution is 2.32. The number of anilines is 2. The second-order valence-electron chi connectivity index (χ2n) is 7.14. The number of ether oxygens (including phenoxy) is 2. The van der Waals surface area contributed by atoms with Crippen molar-refractivity contribution in [2.45, 2.75) is 19.4 Å². The summed E-state index contributed by atoms with van der Waals surface area (Å²) in [5.74, 6) is 0.671. The number of pyridine rings is 1. The van der Waals surface area contributed by atoms with Crippen LogP contribution in [0.2, 0.25) is 0 Å². The molecule has 1 aromatic carbocycles. The van der Waals surface area contributed by atoms with Crippen molar-refractivity contribution in [1.29, 1.82) is 0 Å². The first-order valence-corrected chi connectivity index (χ1v) is 10.5. The number of hydrogen-bond acceptors (Lipinski definition) is 7. The molecule has 34 heavy (non-hydrogen) atoms. The number of nitrogens with one attached hydrogen (secondary N) is 2. The molecule has 0 saturated heterocycles. The van der Waals surface area contributed by atoms with Gasteiger partial charge in [0.25, 0.3) is 0 Å². The number of hydrogen-bond donors (Lipinski definition) is 2. The Kier molecular flexibility index (Phi) is 8.61. The van der Waals surface area contributed by atoms with E-state index in [1.807, 2.05) is 0 Å². The summed E-state index contributed by atoms with van der Waals surface area (Å²) in [6.45, 7) is -0.0931. The Morgan fingerprint density at radius 2 is 1.85 bits per heavy atom. The van der Waals surface area contributed by atoms with E-state index in [1.54, 1.807) is 54.7 Å². The van der Waals surface area contributed by atoms with E-state index in [4.69, 9.17) is 13.9 Å². The molecule has 0 bridgehead atoms. The molecule has 10 nitrogen and oxygen atoms in total. The third-order valence-electron chi connectivity index (χ3n) is 4.82. The first kappa shape index (κ1) is 24.3. The molecule has 0 aliphatic rings. The quantitative estimate of drug-likeness (QED) is 0.445. The lowest BCUT2D eigenvalue weighted by molar-refractivity contribution is -0.125. The fraction of sp³-hybridized carbons (Fsp3) is 0.250. The average molecular weight is 466 g/mol. The maximum absolute atomic E-state index is 13.1. The van der Waals surface area contributed by atoms with Gasteiger partial charge in [-0.2, -0.15) is 0 Å². The van der Waals surface area contributed by atoms with Crippen LogP contribution in [-0.2, 0) is 20.9 Å². The normalized spacial score (nSPS) is 10.3. The van der Waals surface area contributed by atoms with Gasteiger partial charge in [-0.15, -0.1) is 0 Å². The van der Waals surface area contributed by atoms with E-state index in [2.05, 4.69) is 15.6 Å². The van der Waals surface area contributed by atoms with Crippen molar-refractivity contribution >= 4 is 29.2 Å². The van der Waals surface area contributed by atoms with Gasteiger partial charge in [-0.3, -0.25) is 19.3 Å². The number of rotatable bonds is 11. The molecule has 0 fully saturated rings. The van der Waals surface area contributed by atoms with E-state index in [0.717, 1.165) is 0 Å². The molecule has 0 aliphatic carbocycles. The predicted octanol–water partition coefficient (Wildman–Crippen LogP) is 2.76. The largest absolute Gasteiger partial charge is 0.497 e. The minimum absolute atomic E-state index is 0.0849. The fourth-order valence-electron chi connectivity index (χ4n) is 3.11. The number of furan rings is 1. The minimum Gasteiger partial charge on any atom is -0.497 e. The van der Waals surface area contributed by atoms with Crippen LogP contribution >= 0.6 is 0 Å². The molecule has 0 radical (unpaired) electrons. The summed E-state index contributed by atoms with van der Waals surface area (Å²) in [6.07, 6.45) is 2.85. The number of carbonyl (C=O) groups excluding carboxylic acids is 3. The molecule has 2 N–H and O–H groups in total. The third kappa shape index (κ3) is 6.83. The van der Waals surface area contributed by atoms with E-state index in [-0.39, 0.29) is 31.8 Å². The molecule has 0 saturated carbocycles. The first-order chi connectivity index (χ1) is 16.5. The summed E-state index contributed by atoms with van der Waals surface area (Å²) in [5, 5.41) is 5.36. The lowest BCUT2D eigenvalue weighted by Crippen LogP contribution is -2.41. The SMILES string of the molecule is COc1ccc(N(CC(=O)NCc2ccco2)C(=O)CCC(=O)Nc2ccccn2)c(OC)c1. The van der Waals surface area contributed by atoms with Gasteiger partial charge in [0.1, 0.15) is 29.6 Å². The Balaban J connectivity index is 1.71. The van der Waals surface area contributed by atoms with Crippen molar-refractivity contribution in [3.05, 3.63) is 66.8 Å². The van der Waals surface area contributed by atoms with E-state index in [9.17, 15) is 14.4 Å². The first-order valence-electron chi connectivity index (χ1n) is 10.5. The maximum atomic E-state index is 13.1. The summed E-state index contributed by atoms with van der Waals surface area (Å²) < 4.78 is 15.9. The molecule has 3 amide bonds. The summed E-state index contributed by atoms with van der Waals surface area (Å²) in [4.78, 5) is 43.4. The van der Waals surface area contributed by atoms with Gasteiger partial charge in [0.05, 0.1) is 32.7 Å². The van der Waals surface area contributed by atoms with E-state index >= 15 is 0 Å². The topological polar surface area (TPSA) is 123 Å². The molecule has 10 heteroatoms. The molecular weight excluding hydrogens is 440 g/mol. The van der Waals surface area contributed by atoms with Crippen LogP contribution < -0.4 is 25.0 Å². The van der Waals surface area contributed by atoms with Crippen LogP contribution in [0.4, 0.5) is 11.5 Å². The van der Waals surface area contributed by atoms with Gasteiger partial charge in [0.15, 0.2) is 0 Å². The maximum Gasteiger partial charge on any atom is 0.240 e. The van der Waals surface area contributed by atoms with Gasteiger partial charge < -0.3 is 24.5 Å². The number of nitrogens with zero attached hydrogens (tertiary/aromatic N) is 2. The van der Waals surface area contributed by atoms with Gasteiger partial charge in [0.2, 0.25) is 17.7 Å². The zero-order valence-corrected chi connectivity index (χ0v) is 18.9. The lowest BCUT2D eigenvalue weighted by Gasteiger charge is -2.24. The van der Waals surface area contributed by atoms with Crippen molar-refractivity contribution in [3.8, 4) is 11.5 Å². The third-order valence-corrected chi connectivity index (χ3v) is 4.82. The minimum atomic E-state index is -0.423. The van der Waals surface area contributed by atoms with Crippen LogP contribution in [0.3, 0.4) is 0 Å². The second-order valence-corrected chi connectivity index (χ2v) is 7.14. The zero-order valence-electron chi connectivity index (χ0n) is 18.9. The highest BCUT2D eigenvalue weighted by molar-refractivity contribution is 6.02. The monoisotopic (exact) mass is 466 g/mol. The van der Waals surface area contributed by atoms with Gasteiger partial charge >= 0.3 is 0 Å². The molecule has 3 aromatic rings. The molecule has 178 valence electrons. The number of benzene rings is 1. The average Bonchev–Trinajstić information content (AvgIpc) is 3.38. The van der Waals surface area contributed by atoms with Crippen LogP contribution in [0, 0.1) is 0 Å². The highest BCUT2D eigenvalue weighted by Gasteiger charge is 2.23. The zero-order chi connectivity index (χ0) is 24.3. The smallest absolute Gasteiger partial charge is 0.240 e. The van der Waals surface area contributed by atoms with Crippen molar-refractivity contribution in [2.24, 2.45) is 0 Å². The Labute approximate surface area is 196 Å². The summed E-state index contributed by atoms with van der Waals surface area (Å²) in [5.41, 5.74) is 0.381.